The first-order valence-electron chi connectivity index (χ1n) is 6.92. The van der Waals surface area contributed by atoms with Gasteiger partial charge in [-0.3, -0.25) is 0 Å². The Balaban J connectivity index is 1.82. The molecule has 4 nitrogen and oxygen atoms in total. The zero-order valence-electron chi connectivity index (χ0n) is 11.5. The Kier molecular flexibility index (Phi) is 3.94. The maximum absolute atomic E-state index is 9.03. The van der Waals surface area contributed by atoms with Crippen LogP contribution in [0.25, 0.3) is 5.70 Å². The summed E-state index contributed by atoms with van der Waals surface area (Å²) >= 11 is 6.24. The van der Waals surface area contributed by atoms with Crippen LogP contribution in [-0.4, -0.2) is 15.6 Å². The Morgan fingerprint density at radius 2 is 2.33 bits per heavy atom. The molecule has 0 aliphatic heterocycles. The van der Waals surface area contributed by atoms with Crippen LogP contribution in [0, 0.1) is 11.3 Å². The fraction of sp³-hybridized carbons (Fsp3) is 0.250. The zero-order valence-corrected chi connectivity index (χ0v) is 12.2. The van der Waals surface area contributed by atoms with Gasteiger partial charge >= 0.3 is 0 Å². The molecule has 0 radical (unpaired) electrons. The van der Waals surface area contributed by atoms with Crippen molar-refractivity contribution in [2.75, 3.05) is 5.32 Å². The lowest BCUT2D eigenvalue weighted by Gasteiger charge is -2.24. The number of benzene rings is 1. The first kappa shape index (κ1) is 13.7. The van der Waals surface area contributed by atoms with Crippen LogP contribution in [-0.2, 0) is 0 Å². The zero-order chi connectivity index (χ0) is 14.7. The van der Waals surface area contributed by atoms with Gasteiger partial charge in [0.15, 0.2) is 0 Å². The quantitative estimate of drug-likeness (QED) is 0.934. The Labute approximate surface area is 128 Å². The highest BCUT2D eigenvalue weighted by Gasteiger charge is 2.16. The van der Waals surface area contributed by atoms with Crippen molar-refractivity contribution < 1.29 is 0 Å². The molecule has 5 heteroatoms. The molecule has 0 saturated heterocycles. The van der Waals surface area contributed by atoms with Gasteiger partial charge in [0, 0.05) is 24.1 Å². The number of rotatable bonds is 3. The summed E-state index contributed by atoms with van der Waals surface area (Å²) in [5.74, 6) is 0. The lowest BCUT2D eigenvalue weighted by Crippen LogP contribution is -2.21. The van der Waals surface area contributed by atoms with Crippen molar-refractivity contribution in [3.8, 4) is 6.07 Å². The van der Waals surface area contributed by atoms with Crippen LogP contribution in [0.15, 0.2) is 43.0 Å². The van der Waals surface area contributed by atoms with Crippen molar-refractivity contribution in [3.63, 3.8) is 0 Å². The molecule has 0 amide bonds. The third-order valence-electron chi connectivity index (χ3n) is 3.64. The second-order valence-electron chi connectivity index (χ2n) is 5.05. The molecule has 1 aliphatic rings. The molecule has 0 bridgehead atoms. The topological polar surface area (TPSA) is 53.6 Å². The van der Waals surface area contributed by atoms with Gasteiger partial charge in [-0.15, -0.1) is 0 Å². The molecule has 1 aromatic carbocycles. The summed E-state index contributed by atoms with van der Waals surface area (Å²) in [6, 6.07) is 7.79. The van der Waals surface area contributed by atoms with Crippen LogP contribution in [0.2, 0.25) is 5.02 Å². The number of aromatic nitrogens is 2. The van der Waals surface area contributed by atoms with E-state index in [9.17, 15) is 0 Å². The molecule has 1 unspecified atom stereocenters. The smallest absolute Gasteiger partial charge is 0.101 e. The van der Waals surface area contributed by atoms with E-state index in [0.29, 0.717) is 10.6 Å². The molecule has 2 aromatic rings. The molecule has 0 saturated carbocycles. The van der Waals surface area contributed by atoms with Gasteiger partial charge in [-0.2, -0.15) is 5.26 Å². The highest BCUT2D eigenvalue weighted by atomic mass is 35.5. The van der Waals surface area contributed by atoms with Crippen LogP contribution < -0.4 is 5.32 Å². The molecule has 0 fully saturated rings. The number of hydrogen-bond acceptors (Lipinski definition) is 3. The fourth-order valence-electron chi connectivity index (χ4n) is 2.59. The van der Waals surface area contributed by atoms with E-state index >= 15 is 0 Å². The van der Waals surface area contributed by atoms with Crippen molar-refractivity contribution in [1.82, 2.24) is 9.55 Å². The minimum absolute atomic E-state index is 0.211. The first-order chi connectivity index (χ1) is 10.3. The van der Waals surface area contributed by atoms with Gasteiger partial charge in [0.1, 0.15) is 6.07 Å². The standard InChI is InChI=1S/C16H15ClN4/c17-16-12(10-18)3-1-6-15(16)20-13-4-2-5-14(9-13)21-8-7-19-11-21/h1,3,6-9,11,13,20H,2,4-5H2. The summed E-state index contributed by atoms with van der Waals surface area (Å²) in [5, 5.41) is 12.9. The van der Waals surface area contributed by atoms with E-state index in [0.717, 1.165) is 24.9 Å². The van der Waals surface area contributed by atoms with Crippen molar-refractivity contribution >= 4 is 23.0 Å². The number of nitrogens with zero attached hydrogens (tertiary/aromatic N) is 3. The number of anilines is 1. The van der Waals surface area contributed by atoms with E-state index in [1.165, 1.54) is 5.70 Å². The number of hydrogen-bond donors (Lipinski definition) is 1. The Morgan fingerprint density at radius 3 is 3.10 bits per heavy atom. The van der Waals surface area contributed by atoms with Crippen LogP contribution in [0.5, 0.6) is 0 Å². The molecule has 21 heavy (non-hydrogen) atoms. The predicted octanol–water partition coefficient (Wildman–Crippen LogP) is 3.91. The summed E-state index contributed by atoms with van der Waals surface area (Å²) in [5.41, 5.74) is 2.55. The molecular formula is C16H15ClN4. The van der Waals surface area contributed by atoms with Crippen LogP contribution in [0.1, 0.15) is 24.8 Å². The molecule has 1 heterocycles. The van der Waals surface area contributed by atoms with Gasteiger partial charge in [-0.25, -0.2) is 4.98 Å². The average Bonchev–Trinajstić information content (AvgIpc) is 3.04. The second-order valence-corrected chi connectivity index (χ2v) is 5.43. The maximum Gasteiger partial charge on any atom is 0.101 e. The van der Waals surface area contributed by atoms with Crippen molar-refractivity contribution in [2.24, 2.45) is 0 Å². The number of imidazole rings is 1. The molecule has 0 spiro atoms. The number of allylic oxidation sites excluding steroid dienone is 1. The highest BCUT2D eigenvalue weighted by Crippen LogP contribution is 2.29. The van der Waals surface area contributed by atoms with Crippen molar-refractivity contribution in [1.29, 1.82) is 5.26 Å². The van der Waals surface area contributed by atoms with E-state index in [-0.39, 0.29) is 6.04 Å². The predicted molar refractivity (Wildman–Crippen MR) is 83.9 cm³/mol. The molecule has 1 aromatic heterocycles. The monoisotopic (exact) mass is 298 g/mol. The Bertz CT molecular complexity index is 698. The largest absolute Gasteiger partial charge is 0.378 e. The third-order valence-corrected chi connectivity index (χ3v) is 4.04. The van der Waals surface area contributed by atoms with Crippen LogP contribution in [0.4, 0.5) is 5.69 Å². The molecular weight excluding hydrogens is 284 g/mol. The number of nitrogens with one attached hydrogen (secondary N) is 1. The summed E-state index contributed by atoms with van der Waals surface area (Å²) in [4.78, 5) is 4.09. The van der Waals surface area contributed by atoms with E-state index in [1.54, 1.807) is 12.3 Å². The lowest BCUT2D eigenvalue weighted by atomic mass is 9.99. The van der Waals surface area contributed by atoms with Crippen molar-refractivity contribution in [2.45, 2.75) is 25.3 Å². The molecule has 3 rings (SSSR count). The summed E-state index contributed by atoms with van der Waals surface area (Å²) < 4.78 is 2.04. The average molecular weight is 299 g/mol. The van der Waals surface area contributed by atoms with Gasteiger partial charge in [-0.05, 0) is 37.5 Å². The SMILES string of the molecule is N#Cc1cccc(NC2C=C(n3ccnc3)CCC2)c1Cl. The number of halogens is 1. The second kappa shape index (κ2) is 6.02. The Hall–Kier alpha value is -2.25. The van der Waals surface area contributed by atoms with E-state index in [2.05, 4.69) is 22.4 Å². The minimum Gasteiger partial charge on any atom is -0.378 e. The molecule has 1 N–H and O–H groups in total. The van der Waals surface area contributed by atoms with Gasteiger partial charge in [0.05, 0.1) is 22.6 Å². The third kappa shape index (κ3) is 2.93. The van der Waals surface area contributed by atoms with E-state index in [1.807, 2.05) is 29.2 Å². The van der Waals surface area contributed by atoms with E-state index < -0.39 is 0 Å². The summed E-state index contributed by atoms with van der Waals surface area (Å²) in [7, 11) is 0. The summed E-state index contributed by atoms with van der Waals surface area (Å²) in [6.45, 7) is 0. The lowest BCUT2D eigenvalue weighted by molar-refractivity contribution is 0.666. The van der Waals surface area contributed by atoms with Crippen LogP contribution in [0.3, 0.4) is 0 Å². The first-order valence-corrected chi connectivity index (χ1v) is 7.30. The van der Waals surface area contributed by atoms with Crippen LogP contribution >= 0.6 is 11.6 Å². The molecule has 106 valence electrons. The Morgan fingerprint density at radius 1 is 1.43 bits per heavy atom. The molecule has 1 aliphatic carbocycles. The minimum atomic E-state index is 0.211. The summed E-state index contributed by atoms with van der Waals surface area (Å²) in [6.07, 6.45) is 11.0. The van der Waals surface area contributed by atoms with E-state index in [4.69, 9.17) is 16.9 Å². The highest BCUT2D eigenvalue weighted by molar-refractivity contribution is 6.34. The normalized spacial score (nSPS) is 17.9. The van der Waals surface area contributed by atoms with Gasteiger partial charge in [0.25, 0.3) is 0 Å². The number of nitriles is 1. The molecule has 1 atom stereocenters. The van der Waals surface area contributed by atoms with Crippen molar-refractivity contribution in [3.05, 3.63) is 53.6 Å². The fourth-order valence-corrected chi connectivity index (χ4v) is 2.81. The van der Waals surface area contributed by atoms with Gasteiger partial charge < -0.3 is 9.88 Å². The maximum atomic E-state index is 9.03. The van der Waals surface area contributed by atoms with Gasteiger partial charge in [-0.1, -0.05) is 17.7 Å². The van der Waals surface area contributed by atoms with Gasteiger partial charge in [0.2, 0.25) is 0 Å².